The summed E-state index contributed by atoms with van der Waals surface area (Å²) >= 11 is 0. The van der Waals surface area contributed by atoms with Crippen LogP contribution in [0.3, 0.4) is 0 Å². The van der Waals surface area contributed by atoms with Crippen molar-refractivity contribution in [3.63, 3.8) is 0 Å². The number of hydrogen-bond donors (Lipinski definition) is 3. The number of anilines is 2. The molecule has 2 aromatic carbocycles. The van der Waals surface area contributed by atoms with E-state index in [2.05, 4.69) is 15.5 Å². The van der Waals surface area contributed by atoms with E-state index in [0.717, 1.165) is 6.07 Å². The molecule has 0 unspecified atom stereocenters. The first kappa shape index (κ1) is 17.7. The standard InChI is InChI=1S/C18H18F2N4O2/c1-18(2,3)26-17(25)22-13-7-4-9(8-12(13)19)10-5-6-11-15(14(10)20)23-24-16(11)21/h4-8H,1-3H3,(H,22,25)(H3,21,23,24). The molecule has 0 aliphatic heterocycles. The second-order valence-electron chi connectivity index (χ2n) is 6.78. The highest BCUT2D eigenvalue weighted by molar-refractivity contribution is 5.92. The lowest BCUT2D eigenvalue weighted by Crippen LogP contribution is -2.27. The summed E-state index contributed by atoms with van der Waals surface area (Å²) in [7, 11) is 0. The van der Waals surface area contributed by atoms with E-state index in [9.17, 15) is 13.6 Å². The number of carbonyl (C=O) groups is 1. The Kier molecular flexibility index (Phi) is 4.27. The second kappa shape index (κ2) is 6.29. The van der Waals surface area contributed by atoms with Gasteiger partial charge >= 0.3 is 6.09 Å². The molecular weight excluding hydrogens is 342 g/mol. The summed E-state index contributed by atoms with van der Waals surface area (Å²) in [5, 5.41) is 9.07. The highest BCUT2D eigenvalue weighted by atomic mass is 19.1. The number of halogens is 2. The molecule has 4 N–H and O–H groups in total. The number of nitrogens with zero attached hydrogens (tertiary/aromatic N) is 1. The number of aromatic amines is 1. The fraction of sp³-hybridized carbons (Fsp3) is 0.222. The van der Waals surface area contributed by atoms with Crippen molar-refractivity contribution in [3.05, 3.63) is 42.0 Å². The van der Waals surface area contributed by atoms with Gasteiger partial charge in [0.2, 0.25) is 0 Å². The molecule has 136 valence electrons. The summed E-state index contributed by atoms with van der Waals surface area (Å²) in [6.45, 7) is 5.10. The molecule has 3 rings (SSSR count). The van der Waals surface area contributed by atoms with E-state index in [4.69, 9.17) is 10.5 Å². The molecule has 1 amide bonds. The van der Waals surface area contributed by atoms with Crippen LogP contribution in [0.15, 0.2) is 30.3 Å². The third kappa shape index (κ3) is 3.44. The SMILES string of the molecule is CC(C)(C)OC(=O)Nc1ccc(-c2ccc3c(N)n[nH]c3c2F)cc1F. The number of fused-ring (bicyclic) bond motifs is 1. The first-order chi connectivity index (χ1) is 12.2. The lowest BCUT2D eigenvalue weighted by molar-refractivity contribution is 0.0635. The van der Waals surface area contributed by atoms with E-state index < -0.39 is 23.3 Å². The predicted molar refractivity (Wildman–Crippen MR) is 95.7 cm³/mol. The third-order valence-corrected chi connectivity index (χ3v) is 3.62. The van der Waals surface area contributed by atoms with Crippen LogP contribution in [-0.2, 0) is 4.74 Å². The number of nitrogen functional groups attached to an aromatic ring is 1. The van der Waals surface area contributed by atoms with E-state index in [1.165, 1.54) is 18.2 Å². The van der Waals surface area contributed by atoms with Gasteiger partial charge in [-0.1, -0.05) is 12.1 Å². The summed E-state index contributed by atoms with van der Waals surface area (Å²) in [5.74, 6) is -1.11. The largest absolute Gasteiger partial charge is 0.444 e. The monoisotopic (exact) mass is 360 g/mol. The van der Waals surface area contributed by atoms with E-state index >= 15 is 0 Å². The van der Waals surface area contributed by atoms with Crippen molar-refractivity contribution in [2.75, 3.05) is 11.1 Å². The molecule has 8 heteroatoms. The van der Waals surface area contributed by atoms with Crippen LogP contribution in [0, 0.1) is 11.6 Å². The number of amides is 1. The predicted octanol–water partition coefficient (Wildman–Crippen LogP) is 4.44. The Labute approximate surface area is 148 Å². The minimum Gasteiger partial charge on any atom is -0.444 e. The Bertz CT molecular complexity index is 993. The Morgan fingerprint density at radius 2 is 1.96 bits per heavy atom. The molecule has 0 spiro atoms. The van der Waals surface area contributed by atoms with Crippen LogP contribution in [0.25, 0.3) is 22.0 Å². The molecule has 0 atom stereocenters. The first-order valence-electron chi connectivity index (χ1n) is 7.87. The van der Waals surface area contributed by atoms with Crippen LogP contribution in [0.5, 0.6) is 0 Å². The minimum atomic E-state index is -0.773. The maximum Gasteiger partial charge on any atom is 0.412 e. The van der Waals surface area contributed by atoms with Crippen molar-refractivity contribution in [3.8, 4) is 11.1 Å². The van der Waals surface area contributed by atoms with Crippen LogP contribution in [0.4, 0.5) is 25.1 Å². The Balaban J connectivity index is 1.90. The summed E-state index contributed by atoms with van der Waals surface area (Å²) in [6.07, 6.45) is -0.773. The van der Waals surface area contributed by atoms with E-state index in [-0.39, 0.29) is 22.6 Å². The van der Waals surface area contributed by atoms with Gasteiger partial charge in [0, 0.05) is 10.9 Å². The molecular formula is C18H18F2N4O2. The van der Waals surface area contributed by atoms with Crippen LogP contribution < -0.4 is 11.1 Å². The maximum atomic E-state index is 14.7. The summed E-state index contributed by atoms with van der Waals surface area (Å²) in [4.78, 5) is 11.8. The van der Waals surface area contributed by atoms with E-state index in [1.807, 2.05) is 0 Å². The number of nitrogens with two attached hydrogens (primary N) is 1. The zero-order chi connectivity index (χ0) is 19.1. The number of H-pyrrole nitrogens is 1. The fourth-order valence-corrected chi connectivity index (χ4v) is 2.50. The van der Waals surface area contributed by atoms with Gasteiger partial charge in [0.15, 0.2) is 11.6 Å². The molecule has 0 aliphatic carbocycles. The average Bonchev–Trinajstić information content (AvgIpc) is 2.90. The molecule has 1 aromatic heterocycles. The Morgan fingerprint density at radius 1 is 1.23 bits per heavy atom. The minimum absolute atomic E-state index is 0.0599. The van der Waals surface area contributed by atoms with Crippen molar-refractivity contribution < 1.29 is 18.3 Å². The quantitative estimate of drug-likeness (QED) is 0.630. The van der Waals surface area contributed by atoms with Gasteiger partial charge in [0.05, 0.1) is 5.69 Å². The van der Waals surface area contributed by atoms with Crippen molar-refractivity contribution in [2.24, 2.45) is 0 Å². The summed E-state index contributed by atoms with van der Waals surface area (Å²) in [6, 6.07) is 7.09. The molecule has 0 fully saturated rings. The van der Waals surface area contributed by atoms with Gasteiger partial charge in [-0.05, 0) is 44.5 Å². The van der Waals surface area contributed by atoms with Crippen molar-refractivity contribution in [2.45, 2.75) is 26.4 Å². The smallest absolute Gasteiger partial charge is 0.412 e. The number of hydrogen-bond acceptors (Lipinski definition) is 4. The van der Waals surface area contributed by atoms with Gasteiger partial charge in [0.1, 0.15) is 16.9 Å². The summed E-state index contributed by atoms with van der Waals surface area (Å²) < 4.78 is 34.1. The Hall–Kier alpha value is -3.16. The Morgan fingerprint density at radius 3 is 2.62 bits per heavy atom. The van der Waals surface area contributed by atoms with E-state index in [1.54, 1.807) is 26.8 Å². The van der Waals surface area contributed by atoms with Gasteiger partial charge in [0.25, 0.3) is 0 Å². The van der Waals surface area contributed by atoms with Crippen LogP contribution in [0.2, 0.25) is 0 Å². The number of nitrogens with one attached hydrogen (secondary N) is 2. The molecule has 0 saturated carbocycles. The van der Waals surface area contributed by atoms with Gasteiger partial charge in [-0.25, -0.2) is 13.6 Å². The number of rotatable bonds is 2. The summed E-state index contributed by atoms with van der Waals surface area (Å²) in [5.41, 5.74) is 5.53. The van der Waals surface area contributed by atoms with Crippen LogP contribution in [-0.4, -0.2) is 21.9 Å². The van der Waals surface area contributed by atoms with Gasteiger partial charge < -0.3 is 10.5 Å². The maximum absolute atomic E-state index is 14.7. The van der Waals surface area contributed by atoms with Crippen molar-refractivity contribution in [1.82, 2.24) is 10.2 Å². The van der Waals surface area contributed by atoms with Gasteiger partial charge in [-0.15, -0.1) is 0 Å². The van der Waals surface area contributed by atoms with E-state index in [0.29, 0.717) is 10.9 Å². The molecule has 0 bridgehead atoms. The average molecular weight is 360 g/mol. The van der Waals surface area contributed by atoms with Crippen LogP contribution in [0.1, 0.15) is 20.8 Å². The van der Waals surface area contributed by atoms with Crippen LogP contribution >= 0.6 is 0 Å². The molecule has 3 aromatic rings. The molecule has 26 heavy (non-hydrogen) atoms. The normalized spacial score (nSPS) is 11.6. The number of benzene rings is 2. The lowest BCUT2D eigenvalue weighted by atomic mass is 10.0. The second-order valence-corrected chi connectivity index (χ2v) is 6.78. The van der Waals surface area contributed by atoms with Crippen molar-refractivity contribution >= 4 is 28.5 Å². The number of ether oxygens (including phenoxy) is 1. The number of aromatic nitrogens is 2. The van der Waals surface area contributed by atoms with Gasteiger partial charge in [-0.3, -0.25) is 10.4 Å². The zero-order valence-corrected chi connectivity index (χ0v) is 14.5. The molecule has 0 saturated heterocycles. The zero-order valence-electron chi connectivity index (χ0n) is 14.5. The van der Waals surface area contributed by atoms with Crippen molar-refractivity contribution in [1.29, 1.82) is 0 Å². The highest BCUT2D eigenvalue weighted by Crippen LogP contribution is 2.31. The number of carbonyl (C=O) groups excluding carboxylic acids is 1. The highest BCUT2D eigenvalue weighted by Gasteiger charge is 2.18. The third-order valence-electron chi connectivity index (χ3n) is 3.62. The fourth-order valence-electron chi connectivity index (χ4n) is 2.50. The molecule has 6 nitrogen and oxygen atoms in total. The molecule has 0 radical (unpaired) electrons. The van der Waals surface area contributed by atoms with Gasteiger partial charge in [-0.2, -0.15) is 5.10 Å². The first-order valence-corrected chi connectivity index (χ1v) is 7.87. The molecule has 1 heterocycles. The molecule has 0 aliphatic rings. The topological polar surface area (TPSA) is 93.0 Å². The lowest BCUT2D eigenvalue weighted by Gasteiger charge is -2.20.